The second-order valence-corrected chi connectivity index (χ2v) is 18.3. The molecule has 0 aliphatic carbocycles. The molecule has 13 rings (SSSR count). The Morgan fingerprint density at radius 1 is 0.463 bits per heavy atom. The van der Waals surface area contributed by atoms with Gasteiger partial charge in [-0.15, -0.1) is 0 Å². The molecule has 0 atom stereocenters. The third kappa shape index (κ3) is 12.8. The van der Waals surface area contributed by atoms with Crippen LogP contribution >= 0.6 is 11.6 Å². The van der Waals surface area contributed by atoms with Gasteiger partial charge in [-0.1, -0.05) is 127 Å². The van der Waals surface area contributed by atoms with E-state index in [0.29, 0.717) is 28.1 Å². The highest BCUT2D eigenvalue weighted by molar-refractivity contribution is 6.67. The van der Waals surface area contributed by atoms with Crippen molar-refractivity contribution >= 4 is 94.8 Å². The number of hydrogen-bond donors (Lipinski definition) is 3. The van der Waals surface area contributed by atoms with Crippen LogP contribution < -0.4 is 11.5 Å². The van der Waals surface area contributed by atoms with Crippen molar-refractivity contribution in [2.24, 2.45) is 0 Å². The number of benzene rings is 11. The van der Waals surface area contributed by atoms with Crippen LogP contribution in [0.3, 0.4) is 0 Å². The van der Waals surface area contributed by atoms with Crippen molar-refractivity contribution in [1.82, 2.24) is 19.5 Å². The van der Waals surface area contributed by atoms with Crippen molar-refractivity contribution in [1.29, 1.82) is 0 Å². The summed E-state index contributed by atoms with van der Waals surface area (Å²) in [7, 11) is 0. The molecule has 0 saturated heterocycles. The van der Waals surface area contributed by atoms with Crippen LogP contribution in [0.25, 0.3) is 77.2 Å². The monoisotopic (exact) mass is 1120 g/mol. The van der Waals surface area contributed by atoms with Crippen molar-refractivity contribution in [2.45, 2.75) is 0 Å². The zero-order valence-electron chi connectivity index (χ0n) is 42.6. The maximum atomic E-state index is 13.8. The van der Waals surface area contributed by atoms with Crippen molar-refractivity contribution in [3.8, 4) is 22.8 Å². The largest absolute Gasteiger partial charge is 0.397 e. The molecule has 9 nitrogen and oxygen atoms in total. The average molecular weight is 1120 g/mol. The lowest BCUT2D eigenvalue weighted by Crippen LogP contribution is -2.14. The van der Waals surface area contributed by atoms with E-state index in [9.17, 15) is 45.1 Å². The topological polar surface area (TPSA) is 150 Å². The number of imidazole rings is 2. The van der Waals surface area contributed by atoms with Crippen LogP contribution in [0.15, 0.2) is 218 Å². The Hall–Kier alpha value is -10.5. The lowest BCUT2D eigenvalue weighted by atomic mass is 10.0. The van der Waals surface area contributed by atoms with E-state index in [0.717, 1.165) is 91.4 Å². The quantitative estimate of drug-likeness (QED) is 0.0672. The number of aldehydes is 1. The van der Waals surface area contributed by atoms with Gasteiger partial charge >= 0.3 is 0 Å². The summed E-state index contributed by atoms with van der Waals surface area (Å²) < 4.78 is 92.3. The van der Waals surface area contributed by atoms with Crippen LogP contribution in [-0.4, -0.2) is 37.0 Å². The molecular formula is C65H42ClF7N6O3. The first kappa shape index (κ1) is 56.3. The summed E-state index contributed by atoms with van der Waals surface area (Å²) in [5, 5.41) is 5.43. The Kier molecular flexibility index (Phi) is 17.2. The van der Waals surface area contributed by atoms with Gasteiger partial charge in [-0.05, 0) is 129 Å². The van der Waals surface area contributed by atoms with Gasteiger partial charge in [0.05, 0.1) is 33.4 Å². The first-order valence-electron chi connectivity index (χ1n) is 24.7. The lowest BCUT2D eigenvalue weighted by Gasteiger charge is -2.11. The summed E-state index contributed by atoms with van der Waals surface area (Å²) in [5.41, 5.74) is 15.8. The normalized spacial score (nSPS) is 10.7. The molecule has 0 radical (unpaired) electrons. The molecule has 0 aliphatic rings. The van der Waals surface area contributed by atoms with Crippen molar-refractivity contribution in [3.63, 3.8) is 0 Å². The molecule has 11 aromatic carbocycles. The fraction of sp³-hybridized carbons (Fsp3) is 0. The molecule has 0 saturated carbocycles. The minimum Gasteiger partial charge on any atom is -0.397 e. The zero-order chi connectivity index (χ0) is 58.0. The van der Waals surface area contributed by atoms with Crippen LogP contribution in [-0.2, 0) is 0 Å². The van der Waals surface area contributed by atoms with Crippen molar-refractivity contribution in [2.75, 3.05) is 11.5 Å². The summed E-state index contributed by atoms with van der Waals surface area (Å²) in [5.74, 6) is -4.87. The second kappa shape index (κ2) is 25.1. The summed E-state index contributed by atoms with van der Waals surface area (Å²) in [6.45, 7) is 0. The van der Waals surface area contributed by atoms with Crippen molar-refractivity contribution < 1.29 is 45.1 Å². The maximum Gasteiger partial charge on any atom is 0.264 e. The number of hydrogen-bond acceptors (Lipinski definition) is 7. The van der Waals surface area contributed by atoms with Crippen LogP contribution in [0.1, 0.15) is 31.1 Å². The lowest BCUT2D eigenvalue weighted by molar-refractivity contribution is 0.0964. The average Bonchev–Trinajstić information content (AvgIpc) is 4.14. The van der Waals surface area contributed by atoms with E-state index in [2.05, 4.69) is 33.2 Å². The molecule has 2 aromatic heterocycles. The van der Waals surface area contributed by atoms with Crippen LogP contribution in [0.2, 0.25) is 0 Å². The fourth-order valence-corrected chi connectivity index (χ4v) is 8.79. The third-order valence-electron chi connectivity index (χ3n) is 12.7. The molecule has 0 unspecified atom stereocenters. The molecule has 0 aliphatic heterocycles. The minimum absolute atomic E-state index is 0.0426. The van der Waals surface area contributed by atoms with E-state index in [-0.39, 0.29) is 34.0 Å². The predicted molar refractivity (Wildman–Crippen MR) is 309 cm³/mol. The number of aromatic nitrogens is 4. The number of rotatable bonds is 5. The smallest absolute Gasteiger partial charge is 0.264 e. The Morgan fingerprint density at radius 2 is 0.976 bits per heavy atom. The van der Waals surface area contributed by atoms with Gasteiger partial charge in [0.1, 0.15) is 29.1 Å². The highest BCUT2D eigenvalue weighted by atomic mass is 35.5. The van der Waals surface area contributed by atoms with Gasteiger partial charge in [0.25, 0.3) is 11.1 Å². The number of carbonyl (C=O) groups is 3. The van der Waals surface area contributed by atoms with E-state index < -0.39 is 40.2 Å². The van der Waals surface area contributed by atoms with Gasteiger partial charge in [0, 0.05) is 33.9 Å². The van der Waals surface area contributed by atoms with Gasteiger partial charge in [-0.2, -0.15) is 0 Å². The van der Waals surface area contributed by atoms with Gasteiger partial charge in [0.15, 0.2) is 29.6 Å². The molecule has 0 spiro atoms. The standard InChI is InChI=1S/C24H13F3N2O.C17H11FN2.C11H8O.C7H3ClF2O.C6H7FN2/c25-16-9-11-22-21(13-16)28-23(18-7-3-5-14-4-1-2-6-17(14)18)29(22)24(30)15-8-10-19(26)20(27)12-15;18-12-8-9-15-16(10-12)20-17(19-15)14-7-3-5-11-4-1-2-6-13(11)14;12-8-10-6-3-5-9-4-1-2-7-11(9)10;8-7(11)4-1-2-5(9)6(10)3-4;7-4-1-2-5(8)6(9)3-4/h1-13H;1-10H,(H,19,20);1-8H;1-3H;1-3H,8-9H2. The third-order valence-corrected chi connectivity index (χ3v) is 12.9. The van der Waals surface area contributed by atoms with E-state index in [1.54, 1.807) is 6.07 Å². The van der Waals surface area contributed by atoms with E-state index in [4.69, 9.17) is 23.1 Å². The molecular weight excluding hydrogens is 1080 g/mol. The number of fused-ring (bicyclic) bond motifs is 5. The molecule has 0 amide bonds. The van der Waals surface area contributed by atoms with Crippen LogP contribution in [0.4, 0.5) is 42.1 Å². The number of nitrogens with two attached hydrogens (primary N) is 2. The SMILES string of the molecule is Fc1ccc2nc(-c3cccc4ccccc34)[nH]c2c1.Nc1ccc(F)cc1N.O=C(Cl)c1ccc(F)c(F)c1.O=C(c1ccc(F)c(F)c1)n1c(-c2cccc3ccccc23)nc2cc(F)ccc21.O=Cc1cccc2ccccc12. The van der Waals surface area contributed by atoms with E-state index in [1.165, 1.54) is 59.2 Å². The highest BCUT2D eigenvalue weighted by Gasteiger charge is 2.22. The van der Waals surface area contributed by atoms with E-state index in [1.807, 2.05) is 109 Å². The van der Waals surface area contributed by atoms with E-state index >= 15 is 0 Å². The molecule has 0 bridgehead atoms. The fourth-order valence-electron chi connectivity index (χ4n) is 8.68. The highest BCUT2D eigenvalue weighted by Crippen LogP contribution is 2.33. The molecule has 17 heteroatoms. The van der Waals surface area contributed by atoms with Crippen molar-refractivity contribution in [3.05, 3.63) is 276 Å². The number of nitrogens with zero attached hydrogens (tertiary/aromatic N) is 3. The summed E-state index contributed by atoms with van der Waals surface area (Å²) in [4.78, 5) is 46.6. The van der Waals surface area contributed by atoms with Gasteiger partial charge in [-0.3, -0.25) is 19.0 Å². The molecule has 0 fully saturated rings. The Labute approximate surface area is 467 Å². The number of carbonyl (C=O) groups excluding carboxylic acids is 3. The molecule has 406 valence electrons. The number of aromatic amines is 1. The van der Waals surface area contributed by atoms with Gasteiger partial charge < -0.3 is 16.5 Å². The summed E-state index contributed by atoms with van der Waals surface area (Å²) in [6.07, 6.45) is 0.891. The Morgan fingerprint density at radius 3 is 1.59 bits per heavy atom. The Bertz CT molecular complexity index is 4520. The van der Waals surface area contributed by atoms with Gasteiger partial charge in [0.2, 0.25) is 0 Å². The number of H-pyrrole nitrogens is 1. The number of nitrogens with one attached hydrogen (secondary N) is 1. The number of anilines is 2. The maximum absolute atomic E-state index is 13.8. The predicted octanol–water partition coefficient (Wildman–Crippen LogP) is 16.5. The molecule has 13 aromatic rings. The summed E-state index contributed by atoms with van der Waals surface area (Å²) in [6, 6.07) is 59.1. The summed E-state index contributed by atoms with van der Waals surface area (Å²) >= 11 is 5.00. The first-order valence-corrected chi connectivity index (χ1v) is 25.1. The van der Waals surface area contributed by atoms with Crippen LogP contribution in [0.5, 0.6) is 0 Å². The van der Waals surface area contributed by atoms with Crippen LogP contribution in [0, 0.1) is 40.7 Å². The zero-order valence-corrected chi connectivity index (χ0v) is 43.4. The Balaban J connectivity index is 0.000000134. The minimum atomic E-state index is -1.12. The molecule has 82 heavy (non-hydrogen) atoms. The second-order valence-electron chi connectivity index (χ2n) is 18.0. The number of halogens is 8. The van der Waals surface area contributed by atoms with Gasteiger partial charge in [-0.25, -0.2) is 40.7 Å². The first-order chi connectivity index (χ1) is 39.6. The molecule has 2 heterocycles. The molecule has 5 N–H and O–H groups in total. The number of nitrogen functional groups attached to an aromatic ring is 2.